The van der Waals surface area contributed by atoms with Crippen LogP contribution in [0.5, 0.6) is 6.01 Å². The third-order valence-electron chi connectivity index (χ3n) is 3.93. The molecule has 6 nitrogen and oxygen atoms in total. The zero-order chi connectivity index (χ0) is 17.6. The van der Waals surface area contributed by atoms with Gasteiger partial charge >= 0.3 is 12.1 Å². The van der Waals surface area contributed by atoms with Crippen LogP contribution in [0.3, 0.4) is 0 Å². The molecule has 134 valence electrons. The van der Waals surface area contributed by atoms with Gasteiger partial charge in [-0.3, -0.25) is 0 Å². The number of carbonyl (C=O) groups excluding carboxylic acids is 1. The van der Waals surface area contributed by atoms with Gasteiger partial charge in [-0.2, -0.15) is 0 Å². The van der Waals surface area contributed by atoms with E-state index in [-0.39, 0.29) is 6.09 Å². The Labute approximate surface area is 144 Å². The largest absolute Gasteiger partial charge is 0.463 e. The molecule has 1 saturated heterocycles. The number of aromatic nitrogens is 2. The normalized spacial score (nSPS) is 18.3. The van der Waals surface area contributed by atoms with Crippen molar-refractivity contribution in [3.8, 4) is 6.01 Å². The molecule has 0 spiro atoms. The van der Waals surface area contributed by atoms with Crippen molar-refractivity contribution in [1.29, 1.82) is 0 Å². The maximum absolute atomic E-state index is 12.2. The van der Waals surface area contributed by atoms with E-state index in [1.165, 1.54) is 0 Å². The number of piperidine rings is 1. The highest BCUT2D eigenvalue weighted by Gasteiger charge is 2.27. The molecule has 0 aromatic carbocycles. The summed E-state index contributed by atoms with van der Waals surface area (Å²) in [7, 11) is 0. The second-order valence-electron chi connectivity index (χ2n) is 7.41. The molecule has 24 heavy (non-hydrogen) atoms. The minimum Gasteiger partial charge on any atom is -0.463 e. The highest BCUT2D eigenvalue weighted by Crippen LogP contribution is 2.22. The number of rotatable bonds is 5. The Bertz CT molecular complexity index is 543. The first-order valence-electron chi connectivity index (χ1n) is 8.74. The lowest BCUT2D eigenvalue weighted by Crippen LogP contribution is -2.42. The minimum atomic E-state index is -0.439. The Morgan fingerprint density at radius 2 is 2.21 bits per heavy atom. The van der Waals surface area contributed by atoms with Crippen LogP contribution in [0.2, 0.25) is 0 Å². The van der Waals surface area contributed by atoms with E-state index in [4.69, 9.17) is 9.47 Å². The lowest BCUT2D eigenvalue weighted by atomic mass is 9.94. The minimum absolute atomic E-state index is 0.198. The van der Waals surface area contributed by atoms with Gasteiger partial charge in [0.15, 0.2) is 0 Å². The number of likely N-dealkylation sites (tertiary alicyclic amines) is 1. The van der Waals surface area contributed by atoms with Gasteiger partial charge in [-0.15, -0.1) is 0 Å². The van der Waals surface area contributed by atoms with Crippen LogP contribution in [0.4, 0.5) is 4.79 Å². The fourth-order valence-electron chi connectivity index (χ4n) is 2.82. The van der Waals surface area contributed by atoms with Crippen LogP contribution in [0.1, 0.15) is 52.1 Å². The Morgan fingerprint density at radius 1 is 1.42 bits per heavy atom. The predicted molar refractivity (Wildman–Crippen MR) is 92.0 cm³/mol. The molecule has 1 aliphatic rings. The molecule has 0 aliphatic carbocycles. The van der Waals surface area contributed by atoms with Gasteiger partial charge in [-0.05, 0) is 65.4 Å². The zero-order valence-electron chi connectivity index (χ0n) is 15.2. The van der Waals surface area contributed by atoms with Crippen molar-refractivity contribution in [2.45, 2.75) is 59.0 Å². The quantitative estimate of drug-likeness (QED) is 0.769. The molecular weight excluding hydrogens is 306 g/mol. The standard InChI is InChI=1S/C18H29N3O3/c1-14-9-10-19-16(20-14)23-12-6-8-15-7-5-11-21(13-15)17(22)24-18(2,3)4/h9-10,15H,5-8,11-13H2,1-4H3/t15-/m1/s1. The van der Waals surface area contributed by atoms with E-state index < -0.39 is 5.60 Å². The van der Waals surface area contributed by atoms with E-state index in [1.807, 2.05) is 38.7 Å². The van der Waals surface area contributed by atoms with E-state index in [0.717, 1.165) is 44.5 Å². The molecule has 1 aromatic rings. The molecular formula is C18H29N3O3. The second-order valence-corrected chi connectivity index (χ2v) is 7.41. The number of amides is 1. The fourth-order valence-corrected chi connectivity index (χ4v) is 2.82. The molecule has 1 atom stereocenters. The maximum atomic E-state index is 12.2. The summed E-state index contributed by atoms with van der Waals surface area (Å²) in [6, 6.07) is 2.29. The number of hydrogen-bond acceptors (Lipinski definition) is 5. The van der Waals surface area contributed by atoms with E-state index >= 15 is 0 Å². The molecule has 0 radical (unpaired) electrons. The molecule has 1 aromatic heterocycles. The van der Waals surface area contributed by atoms with Gasteiger partial charge in [-0.25, -0.2) is 14.8 Å². The van der Waals surface area contributed by atoms with Crippen molar-refractivity contribution in [2.24, 2.45) is 5.92 Å². The van der Waals surface area contributed by atoms with Gasteiger partial charge in [0.25, 0.3) is 0 Å². The van der Waals surface area contributed by atoms with Crippen molar-refractivity contribution in [2.75, 3.05) is 19.7 Å². The molecule has 1 fully saturated rings. The summed E-state index contributed by atoms with van der Waals surface area (Å²) in [6.07, 6.45) is 5.66. The molecule has 0 N–H and O–H groups in total. The summed E-state index contributed by atoms with van der Waals surface area (Å²) >= 11 is 0. The molecule has 1 amide bonds. The molecule has 2 heterocycles. The van der Waals surface area contributed by atoms with Crippen LogP contribution < -0.4 is 4.74 Å². The Hall–Kier alpha value is -1.85. The summed E-state index contributed by atoms with van der Waals surface area (Å²) in [5, 5.41) is 0. The Morgan fingerprint density at radius 3 is 2.92 bits per heavy atom. The van der Waals surface area contributed by atoms with E-state index in [0.29, 0.717) is 18.5 Å². The van der Waals surface area contributed by atoms with E-state index in [1.54, 1.807) is 6.20 Å². The van der Waals surface area contributed by atoms with Gasteiger partial charge in [0.2, 0.25) is 0 Å². The first-order chi connectivity index (χ1) is 11.3. The average molecular weight is 335 g/mol. The first-order valence-corrected chi connectivity index (χ1v) is 8.74. The predicted octanol–water partition coefficient (Wildman–Crippen LogP) is 3.59. The SMILES string of the molecule is Cc1ccnc(OCCC[C@H]2CCCN(C(=O)OC(C)(C)C)C2)n1. The van der Waals surface area contributed by atoms with Crippen molar-refractivity contribution in [3.63, 3.8) is 0 Å². The Balaban J connectivity index is 1.70. The molecule has 0 saturated carbocycles. The maximum Gasteiger partial charge on any atom is 0.410 e. The summed E-state index contributed by atoms with van der Waals surface area (Å²) in [4.78, 5) is 22.3. The summed E-state index contributed by atoms with van der Waals surface area (Å²) in [5.41, 5.74) is 0.464. The van der Waals surface area contributed by atoms with Gasteiger partial charge in [-0.1, -0.05) is 0 Å². The summed E-state index contributed by atoms with van der Waals surface area (Å²) in [6.45, 7) is 9.79. The third kappa shape index (κ3) is 6.34. The highest BCUT2D eigenvalue weighted by atomic mass is 16.6. The number of ether oxygens (including phenoxy) is 2. The van der Waals surface area contributed by atoms with Crippen molar-refractivity contribution >= 4 is 6.09 Å². The van der Waals surface area contributed by atoms with Gasteiger partial charge in [0.05, 0.1) is 6.61 Å². The summed E-state index contributed by atoms with van der Waals surface area (Å²) < 4.78 is 11.1. The number of hydrogen-bond donors (Lipinski definition) is 0. The monoisotopic (exact) mass is 335 g/mol. The first kappa shape index (κ1) is 18.5. The summed E-state index contributed by atoms with van der Waals surface area (Å²) in [5.74, 6) is 0.508. The van der Waals surface area contributed by atoms with E-state index in [9.17, 15) is 4.79 Å². The molecule has 0 unspecified atom stereocenters. The van der Waals surface area contributed by atoms with Crippen molar-refractivity contribution < 1.29 is 14.3 Å². The molecule has 0 bridgehead atoms. The van der Waals surface area contributed by atoms with Crippen LogP contribution >= 0.6 is 0 Å². The van der Waals surface area contributed by atoms with Crippen LogP contribution in [0, 0.1) is 12.8 Å². The van der Waals surface area contributed by atoms with Crippen LogP contribution in [-0.2, 0) is 4.74 Å². The topological polar surface area (TPSA) is 64.5 Å². The number of aryl methyl sites for hydroxylation is 1. The second kappa shape index (κ2) is 8.31. The van der Waals surface area contributed by atoms with Gasteiger partial charge < -0.3 is 14.4 Å². The van der Waals surface area contributed by atoms with Crippen molar-refractivity contribution in [1.82, 2.24) is 14.9 Å². The lowest BCUT2D eigenvalue weighted by Gasteiger charge is -2.34. The molecule has 6 heteroatoms. The van der Waals surface area contributed by atoms with Crippen molar-refractivity contribution in [3.05, 3.63) is 18.0 Å². The fraction of sp³-hybridized carbons (Fsp3) is 0.722. The average Bonchev–Trinajstić information content (AvgIpc) is 2.50. The smallest absolute Gasteiger partial charge is 0.410 e. The van der Waals surface area contributed by atoms with Gasteiger partial charge in [0, 0.05) is 25.0 Å². The van der Waals surface area contributed by atoms with Crippen LogP contribution in [0.25, 0.3) is 0 Å². The van der Waals surface area contributed by atoms with Crippen LogP contribution in [-0.4, -0.2) is 46.3 Å². The molecule has 2 rings (SSSR count). The Kier molecular flexibility index (Phi) is 6.40. The lowest BCUT2D eigenvalue weighted by molar-refractivity contribution is 0.0159. The molecule has 1 aliphatic heterocycles. The number of carbonyl (C=O) groups is 1. The van der Waals surface area contributed by atoms with E-state index in [2.05, 4.69) is 9.97 Å². The highest BCUT2D eigenvalue weighted by molar-refractivity contribution is 5.68. The van der Waals surface area contributed by atoms with Crippen LogP contribution in [0.15, 0.2) is 12.3 Å². The number of nitrogens with zero attached hydrogens (tertiary/aromatic N) is 3. The van der Waals surface area contributed by atoms with Gasteiger partial charge in [0.1, 0.15) is 5.60 Å². The third-order valence-corrected chi connectivity index (χ3v) is 3.93. The zero-order valence-corrected chi connectivity index (χ0v) is 15.2.